The first-order valence-corrected chi connectivity index (χ1v) is 11.4. The van der Waals surface area contributed by atoms with Crippen molar-refractivity contribution >= 4 is 11.8 Å². The number of rotatable bonds is 8. The van der Waals surface area contributed by atoms with Gasteiger partial charge >= 0.3 is 0 Å². The van der Waals surface area contributed by atoms with Crippen molar-refractivity contribution in [2.75, 3.05) is 0 Å². The van der Waals surface area contributed by atoms with E-state index < -0.39 is 6.04 Å². The standard InChI is InChI=1S/C27H34N4O2/c1-19(2)24(30-25(32)22-10-12-23(13-11-22)27(3,4)5)26(33)29-16-20-6-8-21(9-7-20)17-31-15-14-28-18-31/h6-15,18-19,24H,16-17H2,1-5H3,(H,29,33)(H,30,32). The van der Waals surface area contributed by atoms with Gasteiger partial charge in [0.15, 0.2) is 0 Å². The zero-order valence-electron chi connectivity index (χ0n) is 20.1. The summed E-state index contributed by atoms with van der Waals surface area (Å²) in [5.74, 6) is -0.472. The number of amides is 2. The number of benzene rings is 2. The molecule has 0 fully saturated rings. The quantitative estimate of drug-likeness (QED) is 0.542. The van der Waals surface area contributed by atoms with Crippen LogP contribution < -0.4 is 10.6 Å². The molecular weight excluding hydrogens is 412 g/mol. The highest BCUT2D eigenvalue weighted by Gasteiger charge is 2.24. The third-order valence-corrected chi connectivity index (χ3v) is 5.66. The van der Waals surface area contributed by atoms with Gasteiger partial charge in [0.2, 0.25) is 5.91 Å². The van der Waals surface area contributed by atoms with E-state index in [0.717, 1.165) is 23.2 Å². The van der Waals surface area contributed by atoms with Crippen LogP contribution in [0.3, 0.4) is 0 Å². The van der Waals surface area contributed by atoms with Gasteiger partial charge in [-0.25, -0.2) is 4.98 Å². The third kappa shape index (κ3) is 6.78. The Labute approximate surface area is 196 Å². The molecule has 33 heavy (non-hydrogen) atoms. The van der Waals surface area contributed by atoms with Crippen molar-refractivity contribution in [1.29, 1.82) is 0 Å². The highest BCUT2D eigenvalue weighted by atomic mass is 16.2. The summed E-state index contributed by atoms with van der Waals surface area (Å²) in [6, 6.07) is 15.1. The minimum Gasteiger partial charge on any atom is -0.350 e. The highest BCUT2D eigenvalue weighted by Crippen LogP contribution is 2.22. The van der Waals surface area contributed by atoms with Crippen molar-refractivity contribution in [3.63, 3.8) is 0 Å². The number of imidazole rings is 1. The lowest BCUT2D eigenvalue weighted by Gasteiger charge is -2.22. The molecule has 1 atom stereocenters. The maximum atomic E-state index is 12.9. The van der Waals surface area contributed by atoms with E-state index in [2.05, 4.69) is 36.4 Å². The van der Waals surface area contributed by atoms with Crippen LogP contribution in [0.25, 0.3) is 0 Å². The van der Waals surface area contributed by atoms with E-state index in [0.29, 0.717) is 12.1 Å². The molecule has 174 valence electrons. The van der Waals surface area contributed by atoms with E-state index in [-0.39, 0.29) is 23.1 Å². The lowest BCUT2D eigenvalue weighted by Crippen LogP contribution is -2.49. The topological polar surface area (TPSA) is 76.0 Å². The molecule has 3 aromatic rings. The molecule has 0 bridgehead atoms. The van der Waals surface area contributed by atoms with E-state index in [1.807, 2.05) is 73.1 Å². The second-order valence-electron chi connectivity index (χ2n) is 9.79. The number of nitrogens with zero attached hydrogens (tertiary/aromatic N) is 2. The van der Waals surface area contributed by atoms with E-state index in [1.165, 1.54) is 0 Å². The largest absolute Gasteiger partial charge is 0.350 e. The van der Waals surface area contributed by atoms with Crippen molar-refractivity contribution in [1.82, 2.24) is 20.2 Å². The summed E-state index contributed by atoms with van der Waals surface area (Å²) in [4.78, 5) is 29.7. The minimum atomic E-state index is -0.611. The second kappa shape index (κ2) is 10.5. The summed E-state index contributed by atoms with van der Waals surface area (Å²) in [5, 5.41) is 5.86. The van der Waals surface area contributed by atoms with Crippen molar-refractivity contribution in [3.8, 4) is 0 Å². The Morgan fingerprint density at radius 3 is 2.15 bits per heavy atom. The van der Waals surface area contributed by atoms with Crippen LogP contribution in [-0.4, -0.2) is 27.4 Å². The third-order valence-electron chi connectivity index (χ3n) is 5.66. The molecule has 0 aliphatic heterocycles. The van der Waals surface area contributed by atoms with Crippen LogP contribution in [0.2, 0.25) is 0 Å². The molecule has 6 heteroatoms. The number of hydrogen-bond acceptors (Lipinski definition) is 3. The summed E-state index contributed by atoms with van der Waals surface area (Å²) >= 11 is 0. The Bertz CT molecular complexity index is 1050. The molecule has 6 nitrogen and oxygen atoms in total. The van der Waals surface area contributed by atoms with Gasteiger partial charge in [-0.15, -0.1) is 0 Å². The van der Waals surface area contributed by atoms with Gasteiger partial charge in [-0.05, 0) is 40.2 Å². The van der Waals surface area contributed by atoms with E-state index in [1.54, 1.807) is 12.5 Å². The van der Waals surface area contributed by atoms with Crippen LogP contribution in [0.5, 0.6) is 0 Å². The maximum Gasteiger partial charge on any atom is 0.251 e. The summed E-state index contributed by atoms with van der Waals surface area (Å²) in [5.41, 5.74) is 3.90. The lowest BCUT2D eigenvalue weighted by molar-refractivity contribution is -0.124. The summed E-state index contributed by atoms with van der Waals surface area (Å²) in [6.45, 7) is 11.4. The van der Waals surface area contributed by atoms with Gasteiger partial charge < -0.3 is 15.2 Å². The van der Waals surface area contributed by atoms with E-state index >= 15 is 0 Å². The number of aromatic nitrogens is 2. The summed E-state index contributed by atoms with van der Waals surface area (Å²) < 4.78 is 2.00. The van der Waals surface area contributed by atoms with Crippen LogP contribution in [0.15, 0.2) is 67.3 Å². The molecule has 0 spiro atoms. The molecule has 2 amide bonds. The highest BCUT2D eigenvalue weighted by molar-refractivity contribution is 5.97. The van der Waals surface area contributed by atoms with Crippen molar-refractivity contribution < 1.29 is 9.59 Å². The fraction of sp³-hybridized carbons (Fsp3) is 0.370. The average molecular weight is 447 g/mol. The molecule has 3 rings (SSSR count). The van der Waals surface area contributed by atoms with Crippen molar-refractivity contribution in [3.05, 3.63) is 89.5 Å². The van der Waals surface area contributed by atoms with Gasteiger partial charge in [0, 0.05) is 31.0 Å². The number of carbonyl (C=O) groups excluding carboxylic acids is 2. The van der Waals surface area contributed by atoms with Crippen LogP contribution in [0.4, 0.5) is 0 Å². The molecule has 2 N–H and O–H groups in total. The Morgan fingerprint density at radius 1 is 0.970 bits per heavy atom. The zero-order chi connectivity index (χ0) is 24.0. The number of carbonyl (C=O) groups is 2. The Kier molecular flexibility index (Phi) is 7.69. The molecular formula is C27H34N4O2. The van der Waals surface area contributed by atoms with Crippen LogP contribution in [0, 0.1) is 5.92 Å². The molecule has 1 unspecified atom stereocenters. The van der Waals surface area contributed by atoms with Gasteiger partial charge in [0.1, 0.15) is 6.04 Å². The molecule has 0 aliphatic rings. The first-order valence-electron chi connectivity index (χ1n) is 11.4. The SMILES string of the molecule is CC(C)C(NC(=O)c1ccc(C(C)(C)C)cc1)C(=O)NCc1ccc(Cn2ccnc2)cc1. The summed E-state index contributed by atoms with van der Waals surface area (Å²) in [6.07, 6.45) is 5.47. The first-order chi connectivity index (χ1) is 15.6. The monoisotopic (exact) mass is 446 g/mol. The van der Waals surface area contributed by atoms with Gasteiger partial charge in [0.25, 0.3) is 5.91 Å². The molecule has 0 saturated carbocycles. The van der Waals surface area contributed by atoms with Crippen LogP contribution in [0.1, 0.15) is 61.7 Å². The van der Waals surface area contributed by atoms with Gasteiger partial charge in [0.05, 0.1) is 6.33 Å². The van der Waals surface area contributed by atoms with Gasteiger partial charge in [-0.3, -0.25) is 9.59 Å². The average Bonchev–Trinajstić information content (AvgIpc) is 3.29. The zero-order valence-corrected chi connectivity index (χ0v) is 20.1. The van der Waals surface area contributed by atoms with Gasteiger partial charge in [-0.1, -0.05) is 71.0 Å². The number of nitrogens with one attached hydrogen (secondary N) is 2. The van der Waals surface area contributed by atoms with Crippen LogP contribution in [-0.2, 0) is 23.3 Å². The number of hydrogen-bond donors (Lipinski definition) is 2. The maximum absolute atomic E-state index is 12.9. The molecule has 0 aliphatic carbocycles. The Morgan fingerprint density at radius 2 is 1.61 bits per heavy atom. The van der Waals surface area contributed by atoms with Gasteiger partial charge in [-0.2, -0.15) is 0 Å². The lowest BCUT2D eigenvalue weighted by atomic mass is 9.86. The fourth-order valence-corrected chi connectivity index (χ4v) is 3.53. The molecule has 2 aromatic carbocycles. The molecule has 1 aromatic heterocycles. The first kappa shape index (κ1) is 24.2. The Hall–Kier alpha value is -3.41. The predicted molar refractivity (Wildman–Crippen MR) is 131 cm³/mol. The van der Waals surface area contributed by atoms with Crippen molar-refractivity contribution in [2.45, 2.75) is 59.2 Å². The van der Waals surface area contributed by atoms with E-state index in [9.17, 15) is 9.59 Å². The van der Waals surface area contributed by atoms with Crippen LogP contribution >= 0.6 is 0 Å². The molecule has 0 radical (unpaired) electrons. The summed E-state index contributed by atoms with van der Waals surface area (Å²) in [7, 11) is 0. The Balaban J connectivity index is 1.56. The van der Waals surface area contributed by atoms with E-state index in [4.69, 9.17) is 0 Å². The fourth-order valence-electron chi connectivity index (χ4n) is 3.53. The molecule has 1 heterocycles. The minimum absolute atomic E-state index is 0.0209. The predicted octanol–water partition coefficient (Wildman–Crippen LogP) is 4.30. The smallest absolute Gasteiger partial charge is 0.251 e. The van der Waals surface area contributed by atoms with Crippen molar-refractivity contribution in [2.24, 2.45) is 5.92 Å². The molecule has 0 saturated heterocycles. The normalized spacial score (nSPS) is 12.4. The second-order valence-corrected chi connectivity index (χ2v) is 9.79.